The molecule has 1 rings (SSSR count). The van der Waals surface area contributed by atoms with Gasteiger partial charge in [0, 0.05) is 13.0 Å². The van der Waals surface area contributed by atoms with Crippen LogP contribution >= 0.6 is 0 Å². The number of carbonyl (C=O) groups excluding carboxylic acids is 1. The number of rotatable bonds is 4. The molecule has 0 radical (unpaired) electrons. The number of carboxylic acids is 1. The first-order valence-electron chi connectivity index (χ1n) is 5.13. The number of carboxylic acid groups (broad SMARTS) is 1. The van der Waals surface area contributed by atoms with Gasteiger partial charge in [0.15, 0.2) is 0 Å². The summed E-state index contributed by atoms with van der Waals surface area (Å²) >= 11 is 0. The van der Waals surface area contributed by atoms with Gasteiger partial charge in [-0.25, -0.2) is 4.79 Å². The first-order valence-corrected chi connectivity index (χ1v) is 5.13. The van der Waals surface area contributed by atoms with Gasteiger partial charge in [0.05, 0.1) is 12.8 Å². The summed E-state index contributed by atoms with van der Waals surface area (Å²) in [5.41, 5.74) is -0.907. The van der Waals surface area contributed by atoms with E-state index in [-0.39, 0.29) is 11.3 Å². The normalized spacial score (nSPS) is 10.8. The lowest BCUT2D eigenvalue weighted by Gasteiger charge is -2.24. The fourth-order valence-corrected chi connectivity index (χ4v) is 1.36. The van der Waals surface area contributed by atoms with Gasteiger partial charge < -0.3 is 14.7 Å². The molecule has 0 atom stereocenters. The predicted molar refractivity (Wildman–Crippen MR) is 60.3 cm³/mol. The van der Waals surface area contributed by atoms with Crippen LogP contribution in [0, 0.1) is 0 Å². The smallest absolute Gasteiger partial charge is 0.496 e. The minimum atomic E-state index is -4.98. The number of hydrogen-bond donors (Lipinski definition) is 1. The number of hydrogen-bond acceptors (Lipinski definition) is 5. The second-order valence-electron chi connectivity index (χ2n) is 3.53. The van der Waals surface area contributed by atoms with E-state index >= 15 is 0 Å². The van der Waals surface area contributed by atoms with Crippen molar-refractivity contribution in [3.05, 3.63) is 23.8 Å². The standard InChI is InChI=1S/C11H10F3NO5/c1-6(16)20-15(11(12,13)14)7-3-4-8(10(17)18)9(5-7)19-2/h3-5H,1-2H3,(H,17,18). The van der Waals surface area contributed by atoms with Gasteiger partial charge >= 0.3 is 18.2 Å². The Balaban J connectivity index is 3.28. The van der Waals surface area contributed by atoms with E-state index in [2.05, 4.69) is 4.84 Å². The number of methoxy groups -OCH3 is 1. The van der Waals surface area contributed by atoms with Gasteiger partial charge in [-0.2, -0.15) is 0 Å². The molecule has 0 aliphatic heterocycles. The monoisotopic (exact) mass is 293 g/mol. The van der Waals surface area contributed by atoms with E-state index in [0.717, 1.165) is 32.2 Å². The minimum absolute atomic E-state index is 0.295. The van der Waals surface area contributed by atoms with Crippen LogP contribution in [-0.2, 0) is 9.63 Å². The van der Waals surface area contributed by atoms with Crippen molar-refractivity contribution in [3.63, 3.8) is 0 Å². The highest BCUT2D eigenvalue weighted by Crippen LogP contribution is 2.32. The van der Waals surface area contributed by atoms with Crippen molar-refractivity contribution in [1.29, 1.82) is 0 Å². The maximum absolute atomic E-state index is 12.8. The zero-order valence-electron chi connectivity index (χ0n) is 10.4. The van der Waals surface area contributed by atoms with E-state index in [0.29, 0.717) is 0 Å². The summed E-state index contributed by atoms with van der Waals surface area (Å²) in [7, 11) is 1.11. The molecule has 9 heteroatoms. The van der Waals surface area contributed by atoms with Gasteiger partial charge in [0.1, 0.15) is 11.3 Å². The van der Waals surface area contributed by atoms with Crippen molar-refractivity contribution in [1.82, 2.24) is 0 Å². The highest BCUT2D eigenvalue weighted by Gasteiger charge is 2.41. The highest BCUT2D eigenvalue weighted by molar-refractivity contribution is 5.91. The lowest BCUT2D eigenvalue weighted by molar-refractivity contribution is -0.197. The summed E-state index contributed by atoms with van der Waals surface area (Å²) in [5, 5.41) is 8.25. The van der Waals surface area contributed by atoms with E-state index in [9.17, 15) is 22.8 Å². The summed E-state index contributed by atoms with van der Waals surface area (Å²) in [6, 6.07) is 2.57. The number of nitrogens with zero attached hydrogens (tertiary/aromatic N) is 1. The molecule has 0 fully saturated rings. The molecule has 110 valence electrons. The van der Waals surface area contributed by atoms with E-state index in [1.54, 1.807) is 0 Å². The first kappa shape index (κ1) is 15.6. The van der Waals surface area contributed by atoms with Crippen molar-refractivity contribution in [3.8, 4) is 5.75 Å². The van der Waals surface area contributed by atoms with Crippen molar-refractivity contribution < 1.29 is 37.4 Å². The minimum Gasteiger partial charge on any atom is -0.496 e. The molecule has 0 unspecified atom stereocenters. The van der Waals surface area contributed by atoms with E-state index in [1.807, 2.05) is 0 Å². The molecule has 1 aromatic carbocycles. The highest BCUT2D eigenvalue weighted by atomic mass is 19.4. The van der Waals surface area contributed by atoms with Gasteiger partial charge in [-0.05, 0) is 12.1 Å². The lowest BCUT2D eigenvalue weighted by atomic mass is 10.2. The number of aromatic carboxylic acids is 1. The zero-order chi connectivity index (χ0) is 15.5. The SMILES string of the molecule is COc1cc(N(OC(C)=O)C(F)(F)F)ccc1C(=O)O. The molecule has 20 heavy (non-hydrogen) atoms. The average molecular weight is 293 g/mol. The van der Waals surface area contributed by atoms with Crippen molar-refractivity contribution in [2.75, 3.05) is 12.2 Å². The molecule has 0 amide bonds. The van der Waals surface area contributed by atoms with E-state index < -0.39 is 29.0 Å². The molecule has 0 aliphatic rings. The quantitative estimate of drug-likeness (QED) is 0.677. The Morgan fingerprint density at radius 2 is 1.90 bits per heavy atom. The number of alkyl halides is 3. The Morgan fingerprint density at radius 3 is 2.30 bits per heavy atom. The van der Waals surface area contributed by atoms with Crippen LogP contribution in [0.3, 0.4) is 0 Å². The maximum Gasteiger partial charge on any atom is 0.517 e. The number of halogens is 3. The number of ether oxygens (including phenoxy) is 1. The number of hydroxylamine groups is 1. The lowest BCUT2D eigenvalue weighted by Crippen LogP contribution is -2.39. The second-order valence-corrected chi connectivity index (χ2v) is 3.53. The van der Waals surface area contributed by atoms with Crippen LogP contribution in [0.5, 0.6) is 5.75 Å². The van der Waals surface area contributed by atoms with Gasteiger partial charge in [-0.15, -0.1) is 18.2 Å². The third-order valence-corrected chi connectivity index (χ3v) is 2.10. The van der Waals surface area contributed by atoms with Gasteiger partial charge in [-0.3, -0.25) is 4.79 Å². The summed E-state index contributed by atoms with van der Waals surface area (Å²) in [4.78, 5) is 25.6. The summed E-state index contributed by atoms with van der Waals surface area (Å²) in [5.74, 6) is -2.83. The Kier molecular flexibility index (Phi) is 4.43. The van der Waals surface area contributed by atoms with Gasteiger partial charge in [-0.1, -0.05) is 0 Å². The van der Waals surface area contributed by atoms with Gasteiger partial charge in [0.2, 0.25) is 0 Å². The Bertz CT molecular complexity index is 529. The molecule has 1 N–H and O–H groups in total. The van der Waals surface area contributed by atoms with Gasteiger partial charge in [0.25, 0.3) is 0 Å². The fraction of sp³-hybridized carbons (Fsp3) is 0.273. The Morgan fingerprint density at radius 1 is 1.30 bits per heavy atom. The Hall–Kier alpha value is -2.45. The second kappa shape index (κ2) is 5.68. The Labute approximate surface area is 111 Å². The van der Waals surface area contributed by atoms with Crippen LogP contribution in [-0.4, -0.2) is 30.5 Å². The molecule has 0 aliphatic carbocycles. The molecule has 1 aromatic rings. The topological polar surface area (TPSA) is 76.1 Å². The third kappa shape index (κ3) is 3.53. The number of carbonyl (C=O) groups is 2. The fourth-order valence-electron chi connectivity index (χ4n) is 1.36. The van der Waals surface area contributed by atoms with Crippen molar-refractivity contribution in [2.24, 2.45) is 0 Å². The predicted octanol–water partition coefficient (Wildman–Crippen LogP) is 2.20. The first-order chi connectivity index (χ1) is 9.16. The van der Waals surface area contributed by atoms with E-state index in [4.69, 9.17) is 9.84 Å². The molecular formula is C11H10F3NO5. The summed E-state index contributed by atoms with van der Waals surface area (Å²) < 4.78 is 43.0. The van der Waals surface area contributed by atoms with Crippen molar-refractivity contribution >= 4 is 17.6 Å². The van der Waals surface area contributed by atoms with Crippen LogP contribution in [0.1, 0.15) is 17.3 Å². The average Bonchev–Trinajstić information content (AvgIpc) is 2.33. The zero-order valence-corrected chi connectivity index (χ0v) is 10.4. The number of benzene rings is 1. The van der Waals surface area contributed by atoms with Crippen LogP contribution in [0.4, 0.5) is 18.9 Å². The maximum atomic E-state index is 12.8. The molecule has 6 nitrogen and oxygen atoms in total. The van der Waals surface area contributed by atoms with Crippen molar-refractivity contribution in [2.45, 2.75) is 13.2 Å². The third-order valence-electron chi connectivity index (χ3n) is 2.10. The van der Waals surface area contributed by atoms with Crippen LogP contribution < -0.4 is 9.80 Å². The molecular weight excluding hydrogens is 283 g/mol. The molecule has 0 saturated carbocycles. The summed E-state index contributed by atoms with van der Waals surface area (Å²) in [6.07, 6.45) is -4.98. The van der Waals surface area contributed by atoms with Crippen LogP contribution in [0.25, 0.3) is 0 Å². The van der Waals surface area contributed by atoms with Crippen LogP contribution in [0.2, 0.25) is 0 Å². The van der Waals surface area contributed by atoms with Crippen LogP contribution in [0.15, 0.2) is 18.2 Å². The molecule has 0 spiro atoms. The van der Waals surface area contributed by atoms with E-state index in [1.165, 1.54) is 0 Å². The molecule has 0 bridgehead atoms. The summed E-state index contributed by atoms with van der Waals surface area (Å²) in [6.45, 7) is 0.807. The molecule has 0 heterocycles. The molecule has 0 saturated heterocycles. The number of anilines is 1. The molecule has 0 aromatic heterocycles. The largest absolute Gasteiger partial charge is 0.517 e.